The summed E-state index contributed by atoms with van der Waals surface area (Å²) < 4.78 is 0. The minimum atomic E-state index is 0.899. The molecule has 0 saturated heterocycles. The minimum absolute atomic E-state index is 0.899. The number of benzene rings is 1. The summed E-state index contributed by atoms with van der Waals surface area (Å²) in [7, 11) is 5.77. The fourth-order valence-electron chi connectivity index (χ4n) is 2.60. The normalized spacial score (nSPS) is 17.9. The van der Waals surface area contributed by atoms with Crippen molar-refractivity contribution in [1.82, 2.24) is 0 Å². The van der Waals surface area contributed by atoms with Crippen molar-refractivity contribution in [1.29, 1.82) is 0 Å². The third kappa shape index (κ3) is 3.41. The van der Waals surface area contributed by atoms with E-state index in [1.807, 2.05) is 6.07 Å². The third-order valence-electron chi connectivity index (χ3n) is 3.52. The number of aryl methyl sites for hydroxylation is 1. The summed E-state index contributed by atoms with van der Waals surface area (Å²) in [6, 6.07) is 8.33. The molecule has 0 nitrogen and oxygen atoms in total. The topological polar surface area (TPSA) is 0 Å². The average molecular weight is 198 g/mol. The first-order chi connectivity index (χ1) is 7.34. The molecule has 0 unspecified atom stereocenters. The zero-order valence-electron chi connectivity index (χ0n) is 9.41. The van der Waals surface area contributed by atoms with Crippen LogP contribution in [0.15, 0.2) is 24.3 Å². The summed E-state index contributed by atoms with van der Waals surface area (Å²) in [5.74, 6) is 0.972. The van der Waals surface area contributed by atoms with E-state index >= 15 is 0 Å². The molecule has 0 heterocycles. The van der Waals surface area contributed by atoms with Crippen molar-refractivity contribution in [2.75, 3.05) is 0 Å². The second-order valence-electron chi connectivity index (χ2n) is 4.79. The molecule has 2 radical (unpaired) electrons. The summed E-state index contributed by atoms with van der Waals surface area (Å²) in [6.07, 6.45) is 9.79. The summed E-state index contributed by atoms with van der Waals surface area (Å²) in [5.41, 5.74) is 2.30. The van der Waals surface area contributed by atoms with Gasteiger partial charge in [-0.3, -0.25) is 0 Å². The Labute approximate surface area is 94.5 Å². The van der Waals surface area contributed by atoms with Crippen LogP contribution in [-0.4, -0.2) is 7.85 Å². The molecule has 0 bridgehead atoms. The lowest BCUT2D eigenvalue weighted by molar-refractivity contribution is 0.339. The molecule has 1 aliphatic rings. The zero-order chi connectivity index (χ0) is 10.5. The lowest BCUT2D eigenvalue weighted by atomic mass is 9.84. The maximum atomic E-state index is 5.77. The fraction of sp³-hybridized carbons (Fsp3) is 0.571. The van der Waals surface area contributed by atoms with Gasteiger partial charge >= 0.3 is 0 Å². The van der Waals surface area contributed by atoms with Crippen LogP contribution in [-0.2, 0) is 6.42 Å². The highest BCUT2D eigenvalue weighted by Crippen LogP contribution is 2.27. The van der Waals surface area contributed by atoms with Gasteiger partial charge in [-0.1, -0.05) is 61.8 Å². The molecule has 1 aliphatic carbocycles. The molecule has 2 rings (SSSR count). The Bertz CT molecular complexity index is 300. The Balaban J connectivity index is 1.81. The Kier molecular flexibility index (Phi) is 3.88. The van der Waals surface area contributed by atoms with Gasteiger partial charge in [0, 0.05) is 0 Å². The third-order valence-corrected chi connectivity index (χ3v) is 3.52. The highest BCUT2D eigenvalue weighted by molar-refractivity contribution is 6.32. The highest BCUT2D eigenvalue weighted by Gasteiger charge is 2.12. The summed E-state index contributed by atoms with van der Waals surface area (Å²) in [4.78, 5) is 0. The molecular formula is C14H19B. The van der Waals surface area contributed by atoms with Crippen molar-refractivity contribution in [3.8, 4) is 0 Å². The van der Waals surface area contributed by atoms with Crippen LogP contribution < -0.4 is 5.46 Å². The number of rotatable bonds is 3. The van der Waals surface area contributed by atoms with Crippen LogP contribution in [0.1, 0.15) is 44.1 Å². The summed E-state index contributed by atoms with van der Waals surface area (Å²) in [5, 5.41) is 0. The van der Waals surface area contributed by atoms with Crippen LogP contribution in [0.2, 0.25) is 0 Å². The van der Waals surface area contributed by atoms with Crippen molar-refractivity contribution in [2.24, 2.45) is 5.92 Å². The highest BCUT2D eigenvalue weighted by atomic mass is 14.2. The Hall–Kier alpha value is -0.715. The molecule has 0 spiro atoms. The van der Waals surface area contributed by atoms with E-state index in [0.29, 0.717) is 0 Å². The smallest absolute Gasteiger partial charge is 0.0964 e. The standard InChI is InChI=1S/C14H19B/c15-14-8-4-7-13(11-14)10-9-12-5-2-1-3-6-12/h4,7-8,11-12H,1-3,5-6,9-10H2. The van der Waals surface area contributed by atoms with E-state index in [-0.39, 0.29) is 0 Å². The van der Waals surface area contributed by atoms with Gasteiger partial charge in [-0.2, -0.15) is 0 Å². The first-order valence-corrected chi connectivity index (χ1v) is 6.19. The molecule has 0 aliphatic heterocycles. The monoisotopic (exact) mass is 198 g/mol. The Morgan fingerprint density at radius 3 is 2.67 bits per heavy atom. The van der Waals surface area contributed by atoms with Crippen molar-refractivity contribution < 1.29 is 0 Å². The number of hydrogen-bond acceptors (Lipinski definition) is 0. The predicted molar refractivity (Wildman–Crippen MR) is 66.7 cm³/mol. The van der Waals surface area contributed by atoms with Crippen molar-refractivity contribution in [3.05, 3.63) is 29.8 Å². The Morgan fingerprint density at radius 1 is 1.13 bits per heavy atom. The summed E-state index contributed by atoms with van der Waals surface area (Å²) in [6.45, 7) is 0. The van der Waals surface area contributed by atoms with Crippen molar-refractivity contribution in [2.45, 2.75) is 44.9 Å². The zero-order valence-corrected chi connectivity index (χ0v) is 9.41. The van der Waals surface area contributed by atoms with Crippen LogP contribution in [0.3, 0.4) is 0 Å². The van der Waals surface area contributed by atoms with Crippen LogP contribution in [0, 0.1) is 5.92 Å². The van der Waals surface area contributed by atoms with Gasteiger partial charge in [-0.05, 0) is 24.3 Å². The van der Waals surface area contributed by atoms with Gasteiger partial charge in [0.2, 0.25) is 0 Å². The quantitative estimate of drug-likeness (QED) is 0.655. The van der Waals surface area contributed by atoms with E-state index < -0.39 is 0 Å². The van der Waals surface area contributed by atoms with E-state index in [1.165, 1.54) is 50.5 Å². The van der Waals surface area contributed by atoms with Gasteiger partial charge in [-0.15, -0.1) is 0 Å². The minimum Gasteiger partial charge on any atom is -0.0964 e. The van der Waals surface area contributed by atoms with Crippen LogP contribution >= 0.6 is 0 Å². The molecule has 1 aromatic carbocycles. The molecule has 78 valence electrons. The fourth-order valence-corrected chi connectivity index (χ4v) is 2.60. The van der Waals surface area contributed by atoms with Crippen molar-refractivity contribution >= 4 is 13.3 Å². The van der Waals surface area contributed by atoms with E-state index in [2.05, 4.69) is 18.2 Å². The van der Waals surface area contributed by atoms with E-state index in [1.54, 1.807) is 0 Å². The van der Waals surface area contributed by atoms with E-state index in [9.17, 15) is 0 Å². The molecule has 0 amide bonds. The lowest BCUT2D eigenvalue weighted by Gasteiger charge is -2.21. The molecular weight excluding hydrogens is 179 g/mol. The number of hydrogen-bond donors (Lipinski definition) is 0. The first-order valence-electron chi connectivity index (χ1n) is 6.19. The van der Waals surface area contributed by atoms with Gasteiger partial charge in [0.25, 0.3) is 0 Å². The molecule has 1 aromatic rings. The van der Waals surface area contributed by atoms with E-state index in [0.717, 1.165) is 11.4 Å². The van der Waals surface area contributed by atoms with Crippen molar-refractivity contribution in [3.63, 3.8) is 0 Å². The summed E-state index contributed by atoms with van der Waals surface area (Å²) >= 11 is 0. The molecule has 0 aromatic heterocycles. The van der Waals surface area contributed by atoms with Crippen LogP contribution in [0.25, 0.3) is 0 Å². The van der Waals surface area contributed by atoms with Gasteiger partial charge in [0.05, 0.1) is 0 Å². The van der Waals surface area contributed by atoms with Crippen LogP contribution in [0.5, 0.6) is 0 Å². The maximum absolute atomic E-state index is 5.77. The van der Waals surface area contributed by atoms with Crippen LogP contribution in [0.4, 0.5) is 0 Å². The predicted octanol–water partition coefficient (Wildman–Crippen LogP) is 2.99. The second-order valence-corrected chi connectivity index (χ2v) is 4.79. The molecule has 1 saturated carbocycles. The second kappa shape index (κ2) is 5.39. The van der Waals surface area contributed by atoms with E-state index in [4.69, 9.17) is 7.85 Å². The Morgan fingerprint density at radius 2 is 1.93 bits per heavy atom. The molecule has 15 heavy (non-hydrogen) atoms. The van der Waals surface area contributed by atoms with Gasteiger partial charge in [0.15, 0.2) is 0 Å². The largest absolute Gasteiger partial charge is 0.113 e. The van der Waals surface area contributed by atoms with Gasteiger partial charge < -0.3 is 0 Å². The lowest BCUT2D eigenvalue weighted by Crippen LogP contribution is -2.08. The maximum Gasteiger partial charge on any atom is 0.113 e. The molecule has 1 fully saturated rings. The molecule has 0 N–H and O–H groups in total. The molecule has 1 heteroatoms. The first kappa shape index (κ1) is 10.8. The SMILES string of the molecule is [B]c1cccc(CCC2CCCCC2)c1. The average Bonchev–Trinajstić information content (AvgIpc) is 2.28. The molecule has 0 atom stereocenters. The van der Waals surface area contributed by atoms with Gasteiger partial charge in [0.1, 0.15) is 7.85 Å². The van der Waals surface area contributed by atoms with Gasteiger partial charge in [-0.25, -0.2) is 0 Å².